The SMILES string of the molecule is Cc1ccc(NC(=O)c2cc3cc(C)ccc3cc2O)cc1. The van der Waals surface area contributed by atoms with E-state index in [0.29, 0.717) is 5.69 Å². The van der Waals surface area contributed by atoms with Crippen LogP contribution in [0.2, 0.25) is 0 Å². The summed E-state index contributed by atoms with van der Waals surface area (Å²) in [4.78, 5) is 12.4. The van der Waals surface area contributed by atoms with Gasteiger partial charge in [0.1, 0.15) is 5.75 Å². The molecule has 0 spiro atoms. The summed E-state index contributed by atoms with van der Waals surface area (Å²) in [5.41, 5.74) is 3.23. The highest BCUT2D eigenvalue weighted by Crippen LogP contribution is 2.26. The quantitative estimate of drug-likeness (QED) is 0.734. The number of aryl methyl sites for hydroxylation is 2. The van der Waals surface area contributed by atoms with Crippen LogP contribution < -0.4 is 5.32 Å². The topological polar surface area (TPSA) is 49.3 Å². The first-order valence-corrected chi connectivity index (χ1v) is 7.14. The van der Waals surface area contributed by atoms with Gasteiger partial charge in [0.15, 0.2) is 0 Å². The lowest BCUT2D eigenvalue weighted by Gasteiger charge is -2.09. The molecule has 110 valence electrons. The van der Waals surface area contributed by atoms with Gasteiger partial charge >= 0.3 is 0 Å². The summed E-state index contributed by atoms with van der Waals surface area (Å²) < 4.78 is 0. The van der Waals surface area contributed by atoms with Crippen LogP contribution in [-0.2, 0) is 0 Å². The lowest BCUT2D eigenvalue weighted by molar-refractivity contribution is 0.102. The van der Waals surface area contributed by atoms with Gasteiger partial charge in [0.25, 0.3) is 5.91 Å². The van der Waals surface area contributed by atoms with Gasteiger partial charge in [-0.3, -0.25) is 4.79 Å². The Morgan fingerprint density at radius 2 is 1.55 bits per heavy atom. The van der Waals surface area contributed by atoms with E-state index < -0.39 is 0 Å². The second-order valence-corrected chi connectivity index (χ2v) is 5.54. The van der Waals surface area contributed by atoms with Gasteiger partial charge in [0, 0.05) is 5.69 Å². The minimum absolute atomic E-state index is 0.0130. The molecule has 3 rings (SSSR count). The van der Waals surface area contributed by atoms with E-state index in [-0.39, 0.29) is 17.2 Å². The summed E-state index contributed by atoms with van der Waals surface area (Å²) in [7, 11) is 0. The van der Waals surface area contributed by atoms with Gasteiger partial charge in [-0.05, 0) is 48.9 Å². The number of fused-ring (bicyclic) bond motifs is 1. The molecule has 0 heterocycles. The Balaban J connectivity index is 1.96. The first-order chi connectivity index (χ1) is 10.5. The predicted molar refractivity (Wildman–Crippen MR) is 89.5 cm³/mol. The van der Waals surface area contributed by atoms with Crippen molar-refractivity contribution in [2.75, 3.05) is 5.32 Å². The van der Waals surface area contributed by atoms with Crippen LogP contribution in [0.15, 0.2) is 54.6 Å². The van der Waals surface area contributed by atoms with Crippen LogP contribution in [0.3, 0.4) is 0 Å². The van der Waals surface area contributed by atoms with E-state index in [1.165, 1.54) is 0 Å². The number of hydrogen-bond donors (Lipinski definition) is 2. The molecular formula is C19H17NO2. The van der Waals surface area contributed by atoms with Crippen molar-refractivity contribution in [2.24, 2.45) is 0 Å². The highest BCUT2D eigenvalue weighted by atomic mass is 16.3. The van der Waals surface area contributed by atoms with Crippen molar-refractivity contribution >= 4 is 22.4 Å². The molecule has 0 aromatic heterocycles. The molecule has 3 aromatic carbocycles. The zero-order valence-electron chi connectivity index (χ0n) is 12.6. The number of aromatic hydroxyl groups is 1. The van der Waals surface area contributed by atoms with E-state index in [4.69, 9.17) is 0 Å². The lowest BCUT2D eigenvalue weighted by Crippen LogP contribution is -2.12. The minimum Gasteiger partial charge on any atom is -0.507 e. The number of amides is 1. The van der Waals surface area contributed by atoms with Crippen molar-refractivity contribution in [1.82, 2.24) is 0 Å². The van der Waals surface area contributed by atoms with Crippen LogP contribution >= 0.6 is 0 Å². The van der Waals surface area contributed by atoms with Gasteiger partial charge in [-0.2, -0.15) is 0 Å². The molecule has 0 aliphatic heterocycles. The second-order valence-electron chi connectivity index (χ2n) is 5.54. The Hall–Kier alpha value is -2.81. The molecule has 0 fully saturated rings. The third kappa shape index (κ3) is 2.79. The highest BCUT2D eigenvalue weighted by molar-refractivity contribution is 6.08. The zero-order valence-corrected chi connectivity index (χ0v) is 12.6. The highest BCUT2D eigenvalue weighted by Gasteiger charge is 2.13. The van der Waals surface area contributed by atoms with E-state index in [1.807, 2.05) is 56.3 Å². The first kappa shape index (κ1) is 14.1. The number of hydrogen-bond acceptors (Lipinski definition) is 2. The molecule has 22 heavy (non-hydrogen) atoms. The molecule has 0 saturated carbocycles. The van der Waals surface area contributed by atoms with Crippen LogP contribution in [0.1, 0.15) is 21.5 Å². The fourth-order valence-corrected chi connectivity index (χ4v) is 2.42. The van der Waals surface area contributed by atoms with E-state index >= 15 is 0 Å². The van der Waals surface area contributed by atoms with Crippen molar-refractivity contribution in [3.63, 3.8) is 0 Å². The number of benzene rings is 3. The van der Waals surface area contributed by atoms with E-state index in [9.17, 15) is 9.90 Å². The summed E-state index contributed by atoms with van der Waals surface area (Å²) >= 11 is 0. The van der Waals surface area contributed by atoms with Gasteiger partial charge in [0.2, 0.25) is 0 Å². The first-order valence-electron chi connectivity index (χ1n) is 7.14. The molecule has 0 aliphatic rings. The number of nitrogens with one attached hydrogen (secondary N) is 1. The maximum absolute atomic E-state index is 12.4. The number of phenols is 1. The average Bonchev–Trinajstić information content (AvgIpc) is 2.49. The molecule has 0 saturated heterocycles. The van der Waals surface area contributed by atoms with Gasteiger partial charge in [-0.15, -0.1) is 0 Å². The Bertz CT molecular complexity index is 851. The van der Waals surface area contributed by atoms with Crippen molar-refractivity contribution in [3.05, 3.63) is 71.3 Å². The van der Waals surface area contributed by atoms with Gasteiger partial charge in [0.05, 0.1) is 5.56 Å². The van der Waals surface area contributed by atoms with Crippen LogP contribution in [-0.4, -0.2) is 11.0 Å². The number of anilines is 1. The molecule has 0 radical (unpaired) electrons. The van der Waals surface area contributed by atoms with Crippen LogP contribution in [0, 0.1) is 13.8 Å². The average molecular weight is 291 g/mol. The Morgan fingerprint density at radius 1 is 0.864 bits per heavy atom. The Labute approximate surface area is 129 Å². The number of carbonyl (C=O) groups excluding carboxylic acids is 1. The lowest BCUT2D eigenvalue weighted by atomic mass is 10.0. The molecule has 0 atom stereocenters. The van der Waals surface area contributed by atoms with Crippen molar-refractivity contribution < 1.29 is 9.90 Å². The minimum atomic E-state index is -0.315. The van der Waals surface area contributed by atoms with Crippen molar-refractivity contribution in [1.29, 1.82) is 0 Å². The zero-order chi connectivity index (χ0) is 15.7. The molecule has 3 nitrogen and oxygen atoms in total. The van der Waals surface area contributed by atoms with Crippen LogP contribution in [0.4, 0.5) is 5.69 Å². The summed E-state index contributed by atoms with van der Waals surface area (Å²) in [5, 5.41) is 14.8. The monoisotopic (exact) mass is 291 g/mol. The summed E-state index contributed by atoms with van der Waals surface area (Å²) in [6.07, 6.45) is 0. The van der Waals surface area contributed by atoms with Crippen molar-refractivity contribution in [2.45, 2.75) is 13.8 Å². The number of phenolic OH excluding ortho intramolecular Hbond substituents is 1. The van der Waals surface area contributed by atoms with Gasteiger partial charge in [-0.1, -0.05) is 41.5 Å². The summed E-state index contributed by atoms with van der Waals surface area (Å²) in [6, 6.07) is 16.8. The largest absolute Gasteiger partial charge is 0.507 e. The maximum Gasteiger partial charge on any atom is 0.259 e. The molecule has 0 bridgehead atoms. The second kappa shape index (κ2) is 5.53. The van der Waals surface area contributed by atoms with E-state index in [1.54, 1.807) is 12.1 Å². The molecule has 0 aliphatic carbocycles. The maximum atomic E-state index is 12.4. The fourth-order valence-electron chi connectivity index (χ4n) is 2.42. The molecule has 3 heteroatoms. The van der Waals surface area contributed by atoms with E-state index in [2.05, 4.69) is 5.32 Å². The normalized spacial score (nSPS) is 10.6. The summed E-state index contributed by atoms with van der Waals surface area (Å²) in [6.45, 7) is 3.99. The van der Waals surface area contributed by atoms with Crippen LogP contribution in [0.25, 0.3) is 10.8 Å². The fraction of sp³-hybridized carbons (Fsp3) is 0.105. The third-order valence-electron chi connectivity index (χ3n) is 3.66. The van der Waals surface area contributed by atoms with E-state index in [0.717, 1.165) is 21.9 Å². The molecule has 0 unspecified atom stereocenters. The Morgan fingerprint density at radius 3 is 2.27 bits per heavy atom. The predicted octanol–water partition coefficient (Wildman–Crippen LogP) is 4.41. The molecule has 1 amide bonds. The van der Waals surface area contributed by atoms with Gasteiger partial charge < -0.3 is 10.4 Å². The number of carbonyl (C=O) groups is 1. The number of rotatable bonds is 2. The van der Waals surface area contributed by atoms with Crippen molar-refractivity contribution in [3.8, 4) is 5.75 Å². The standard InChI is InChI=1S/C19H17NO2/c1-12-4-7-16(8-5-12)20-19(22)17-10-15-9-13(2)3-6-14(15)11-18(17)21/h3-11,21H,1-2H3,(H,20,22). The van der Waals surface area contributed by atoms with Gasteiger partial charge in [-0.25, -0.2) is 0 Å². The molecular weight excluding hydrogens is 274 g/mol. The smallest absolute Gasteiger partial charge is 0.259 e. The summed E-state index contributed by atoms with van der Waals surface area (Å²) in [5.74, 6) is -0.328. The Kier molecular flexibility index (Phi) is 3.55. The van der Waals surface area contributed by atoms with Crippen LogP contribution in [0.5, 0.6) is 5.75 Å². The molecule has 3 aromatic rings. The molecule has 2 N–H and O–H groups in total. The third-order valence-corrected chi connectivity index (χ3v) is 3.66.